The van der Waals surface area contributed by atoms with E-state index in [1.54, 1.807) is 18.3 Å². The third-order valence-electron chi connectivity index (χ3n) is 5.85. The van der Waals surface area contributed by atoms with Crippen LogP contribution >= 0.6 is 11.8 Å². The number of likely N-dealkylation sites (tertiary alicyclic amines) is 1. The maximum atomic E-state index is 13.6. The normalized spacial score (nSPS) is 18.0. The summed E-state index contributed by atoms with van der Waals surface area (Å²) in [4.78, 5) is 32.3. The Labute approximate surface area is 212 Å². The molecule has 3 atom stereocenters. The Morgan fingerprint density at radius 1 is 1.20 bits per heavy atom. The number of hydrogen-bond donors (Lipinski definition) is 1. The molecule has 3 rings (SSSR count). The maximum absolute atomic E-state index is 13.6. The number of thioether (sulfide) groups is 1. The number of aromatic nitrogens is 1. The van der Waals surface area contributed by atoms with Crippen LogP contribution in [-0.2, 0) is 22.6 Å². The van der Waals surface area contributed by atoms with Crippen LogP contribution in [0.15, 0.2) is 48.8 Å². The van der Waals surface area contributed by atoms with Crippen LogP contribution in [0.3, 0.4) is 0 Å². The van der Waals surface area contributed by atoms with Crippen LogP contribution in [0.4, 0.5) is 9.18 Å². The lowest BCUT2D eigenvalue weighted by molar-refractivity contribution is -0.134. The molecule has 0 radical (unpaired) electrons. The molecular formula is C27H36FN3O3S. The number of alkyl halides is 1. The molecule has 6 nitrogen and oxygen atoms in total. The second-order valence-electron chi connectivity index (χ2n) is 9.90. The third-order valence-corrected chi connectivity index (χ3v) is 7.07. The average Bonchev–Trinajstić information content (AvgIpc) is 2.83. The van der Waals surface area contributed by atoms with E-state index >= 15 is 0 Å². The summed E-state index contributed by atoms with van der Waals surface area (Å²) in [6.07, 6.45) is 6.49. The van der Waals surface area contributed by atoms with Crippen molar-refractivity contribution in [2.24, 2.45) is 0 Å². The number of rotatable bonds is 8. The first-order valence-electron chi connectivity index (χ1n) is 12.2. The molecule has 1 aliphatic heterocycles. The van der Waals surface area contributed by atoms with Crippen molar-refractivity contribution >= 4 is 23.8 Å². The summed E-state index contributed by atoms with van der Waals surface area (Å²) in [6, 6.07) is 11.1. The summed E-state index contributed by atoms with van der Waals surface area (Å²) < 4.78 is 18.4. The first-order chi connectivity index (χ1) is 16.7. The Hall–Kier alpha value is -2.61. The summed E-state index contributed by atoms with van der Waals surface area (Å²) >= 11 is 1.41. The molecule has 1 aliphatic rings. The van der Waals surface area contributed by atoms with Gasteiger partial charge in [0.15, 0.2) is 0 Å². The van der Waals surface area contributed by atoms with Gasteiger partial charge >= 0.3 is 6.09 Å². The molecule has 3 unspecified atom stereocenters. The molecule has 0 bridgehead atoms. The van der Waals surface area contributed by atoms with Crippen LogP contribution in [0.2, 0.25) is 0 Å². The third kappa shape index (κ3) is 8.23. The van der Waals surface area contributed by atoms with Crippen molar-refractivity contribution in [1.82, 2.24) is 15.2 Å². The fourth-order valence-corrected chi connectivity index (χ4v) is 5.40. The number of piperidine rings is 1. The molecule has 1 aromatic heterocycles. The quantitative estimate of drug-likeness (QED) is 0.462. The Bertz CT molecular complexity index is 966. The van der Waals surface area contributed by atoms with E-state index in [1.165, 1.54) is 11.8 Å². The molecule has 0 saturated carbocycles. The number of halogens is 1. The van der Waals surface area contributed by atoms with Crippen molar-refractivity contribution in [2.75, 3.05) is 6.54 Å². The largest absolute Gasteiger partial charge is 0.444 e. The number of nitrogens with one attached hydrogen (secondary N) is 1. The zero-order chi connectivity index (χ0) is 25.4. The highest BCUT2D eigenvalue weighted by Crippen LogP contribution is 2.33. The first-order valence-corrected chi connectivity index (χ1v) is 13.1. The lowest BCUT2D eigenvalue weighted by Gasteiger charge is -2.38. The van der Waals surface area contributed by atoms with Crippen LogP contribution in [-0.4, -0.2) is 44.7 Å². The summed E-state index contributed by atoms with van der Waals surface area (Å²) in [6.45, 7) is 7.51. The van der Waals surface area contributed by atoms with Crippen LogP contribution in [0.25, 0.3) is 0 Å². The van der Waals surface area contributed by atoms with Crippen molar-refractivity contribution < 1.29 is 18.7 Å². The van der Waals surface area contributed by atoms with Gasteiger partial charge in [0.05, 0.1) is 16.7 Å². The number of amides is 2. The summed E-state index contributed by atoms with van der Waals surface area (Å²) in [5.41, 5.74) is 1.97. The van der Waals surface area contributed by atoms with Gasteiger partial charge in [0, 0.05) is 25.4 Å². The van der Waals surface area contributed by atoms with Gasteiger partial charge in [0.25, 0.3) is 0 Å². The van der Waals surface area contributed by atoms with E-state index in [0.29, 0.717) is 18.5 Å². The monoisotopic (exact) mass is 501 g/mol. The minimum Gasteiger partial charge on any atom is -0.444 e. The van der Waals surface area contributed by atoms with Gasteiger partial charge in [-0.25, -0.2) is 9.18 Å². The van der Waals surface area contributed by atoms with Crippen LogP contribution in [0.5, 0.6) is 0 Å². The molecule has 35 heavy (non-hydrogen) atoms. The van der Waals surface area contributed by atoms with E-state index in [9.17, 15) is 14.0 Å². The first kappa shape index (κ1) is 27.0. The highest BCUT2D eigenvalue weighted by molar-refractivity contribution is 8.01. The molecule has 1 aromatic carbocycles. The second-order valence-corrected chi connectivity index (χ2v) is 11.4. The van der Waals surface area contributed by atoms with E-state index < -0.39 is 18.4 Å². The fraction of sp³-hybridized carbons (Fsp3) is 0.519. The molecule has 1 fully saturated rings. The van der Waals surface area contributed by atoms with Crippen molar-refractivity contribution in [3.8, 4) is 0 Å². The molecule has 2 heterocycles. The van der Waals surface area contributed by atoms with Gasteiger partial charge in [-0.15, -0.1) is 11.8 Å². The smallest absolute Gasteiger partial charge is 0.408 e. The molecular weight excluding hydrogens is 465 g/mol. The van der Waals surface area contributed by atoms with Crippen molar-refractivity contribution in [3.63, 3.8) is 0 Å². The number of ether oxygens (including phenoxy) is 1. The van der Waals surface area contributed by atoms with Gasteiger partial charge in [-0.2, -0.15) is 0 Å². The SMILES string of the molecule is CC(SC(Cc1ccc(CF)cc1)NC(=O)OC(C)(C)C)C(=O)N1CCCCC1c1cccnc1. The number of carbonyl (C=O) groups excluding carboxylic acids is 2. The summed E-state index contributed by atoms with van der Waals surface area (Å²) in [5, 5.41) is 2.16. The predicted molar refractivity (Wildman–Crippen MR) is 138 cm³/mol. The topological polar surface area (TPSA) is 71.5 Å². The highest BCUT2D eigenvalue weighted by atomic mass is 32.2. The Morgan fingerprint density at radius 3 is 2.54 bits per heavy atom. The molecule has 8 heteroatoms. The highest BCUT2D eigenvalue weighted by Gasteiger charge is 2.33. The average molecular weight is 502 g/mol. The van der Waals surface area contributed by atoms with Crippen molar-refractivity contribution in [2.45, 2.75) is 82.3 Å². The lowest BCUT2D eigenvalue weighted by atomic mass is 9.96. The Morgan fingerprint density at radius 2 is 1.91 bits per heavy atom. The molecule has 2 aromatic rings. The van der Waals surface area contributed by atoms with E-state index in [1.807, 2.05) is 63.1 Å². The number of nitrogens with zero attached hydrogens (tertiary/aromatic N) is 2. The lowest BCUT2D eigenvalue weighted by Crippen LogP contribution is -2.44. The van der Waals surface area contributed by atoms with Gasteiger partial charge < -0.3 is 15.0 Å². The number of pyridine rings is 1. The van der Waals surface area contributed by atoms with Gasteiger partial charge in [-0.3, -0.25) is 9.78 Å². The zero-order valence-corrected chi connectivity index (χ0v) is 21.8. The maximum Gasteiger partial charge on any atom is 0.408 e. The van der Waals surface area contributed by atoms with Crippen molar-refractivity contribution in [1.29, 1.82) is 0 Å². The van der Waals surface area contributed by atoms with E-state index in [4.69, 9.17) is 4.74 Å². The molecule has 0 spiro atoms. The minimum absolute atomic E-state index is 0.0125. The van der Waals surface area contributed by atoms with Crippen molar-refractivity contribution in [3.05, 3.63) is 65.5 Å². The van der Waals surface area contributed by atoms with E-state index in [2.05, 4.69) is 10.3 Å². The predicted octanol–water partition coefficient (Wildman–Crippen LogP) is 5.82. The minimum atomic E-state index is -0.631. The number of alkyl carbamates (subject to hydrolysis) is 1. The molecule has 0 aliphatic carbocycles. The van der Waals surface area contributed by atoms with Gasteiger partial charge in [-0.05, 0) is 69.7 Å². The van der Waals surface area contributed by atoms with E-state index in [-0.39, 0.29) is 22.6 Å². The number of benzene rings is 1. The standard InChI is InChI=1S/C27H36FN3O3S/c1-19(25(32)31-15-6-5-9-23(31)22-8-7-14-29-18-22)35-24(30-26(33)34-27(2,3)4)16-20-10-12-21(17-28)13-11-20/h7-8,10-14,18-19,23-24H,5-6,9,15-17H2,1-4H3,(H,30,33). The van der Waals surface area contributed by atoms with Crippen LogP contribution in [0, 0.1) is 0 Å². The number of hydrogen-bond acceptors (Lipinski definition) is 5. The Kier molecular flexibility index (Phi) is 9.55. The zero-order valence-electron chi connectivity index (χ0n) is 21.0. The van der Waals surface area contributed by atoms with Crippen LogP contribution in [0.1, 0.15) is 69.7 Å². The molecule has 1 N–H and O–H groups in total. The number of carbonyl (C=O) groups is 2. The Balaban J connectivity index is 1.73. The van der Waals surface area contributed by atoms with Gasteiger partial charge in [0.1, 0.15) is 12.3 Å². The van der Waals surface area contributed by atoms with Gasteiger partial charge in [0.2, 0.25) is 5.91 Å². The molecule has 1 saturated heterocycles. The summed E-state index contributed by atoms with van der Waals surface area (Å²) in [5.74, 6) is 0.0484. The second kappa shape index (κ2) is 12.4. The molecule has 190 valence electrons. The van der Waals surface area contributed by atoms with E-state index in [0.717, 1.165) is 30.4 Å². The molecule has 2 amide bonds. The van der Waals surface area contributed by atoms with Crippen LogP contribution < -0.4 is 5.32 Å². The summed E-state index contributed by atoms with van der Waals surface area (Å²) in [7, 11) is 0. The fourth-order valence-electron chi connectivity index (χ4n) is 4.20. The van der Waals surface area contributed by atoms with Gasteiger partial charge in [-0.1, -0.05) is 30.3 Å².